The van der Waals surface area contributed by atoms with Crippen LogP contribution < -0.4 is 5.73 Å². The molecule has 2 rings (SSSR count). The predicted molar refractivity (Wildman–Crippen MR) is 73.2 cm³/mol. The van der Waals surface area contributed by atoms with Gasteiger partial charge in [0.15, 0.2) is 0 Å². The Morgan fingerprint density at radius 3 is 2.78 bits per heavy atom. The molecular weight excluding hydrogens is 296 g/mol. The second kappa shape index (κ2) is 5.06. The summed E-state index contributed by atoms with van der Waals surface area (Å²) >= 11 is 3.33. The zero-order valence-electron chi connectivity index (χ0n) is 10.3. The molecule has 0 saturated heterocycles. The number of pyridine rings is 1. The molecule has 6 heteroatoms. The normalized spacial score (nSPS) is 19.6. The third-order valence-electron chi connectivity index (χ3n) is 2.65. The van der Waals surface area contributed by atoms with Crippen LogP contribution in [0.25, 0.3) is 0 Å². The summed E-state index contributed by atoms with van der Waals surface area (Å²) in [4.78, 5) is 21.6. The Bertz CT molecular complexity index is 483. The molecular formula is C12H15BrN4O. The average Bonchev–Trinajstić information content (AvgIpc) is 2.55. The number of rotatable bonds is 3. The largest absolute Gasteiger partial charge is 0.385 e. The van der Waals surface area contributed by atoms with E-state index in [1.54, 1.807) is 11.1 Å². The molecule has 0 bridgehead atoms. The van der Waals surface area contributed by atoms with E-state index in [-0.39, 0.29) is 12.1 Å². The van der Waals surface area contributed by atoms with Crippen LogP contribution in [0.3, 0.4) is 0 Å². The highest BCUT2D eigenvalue weighted by atomic mass is 79.9. The summed E-state index contributed by atoms with van der Waals surface area (Å²) < 4.78 is 0.890. The van der Waals surface area contributed by atoms with Crippen LogP contribution in [0.4, 0.5) is 4.79 Å². The van der Waals surface area contributed by atoms with Crippen molar-refractivity contribution in [3.05, 3.63) is 28.5 Å². The molecule has 0 radical (unpaired) electrons. The standard InChI is InChI=1S/C12H15BrN4O/c1-7(2)6-17-10(11(14)16-12(17)18)9-4-3-8(13)5-15-9/h3-5,7,10H,6H2,1-2H3,(H2,14,16,18). The van der Waals surface area contributed by atoms with Crippen molar-refractivity contribution in [1.29, 1.82) is 0 Å². The lowest BCUT2D eigenvalue weighted by molar-refractivity contribution is 0.198. The van der Waals surface area contributed by atoms with E-state index in [1.165, 1.54) is 0 Å². The monoisotopic (exact) mass is 310 g/mol. The molecule has 1 unspecified atom stereocenters. The van der Waals surface area contributed by atoms with Crippen LogP contribution in [0, 0.1) is 5.92 Å². The number of carbonyl (C=O) groups is 1. The van der Waals surface area contributed by atoms with Crippen LogP contribution in [0.1, 0.15) is 25.6 Å². The first-order valence-electron chi connectivity index (χ1n) is 5.75. The number of urea groups is 1. The molecule has 1 aliphatic heterocycles. The summed E-state index contributed by atoms with van der Waals surface area (Å²) in [5, 5.41) is 0. The zero-order valence-corrected chi connectivity index (χ0v) is 11.9. The summed E-state index contributed by atoms with van der Waals surface area (Å²) in [6.07, 6.45) is 1.69. The SMILES string of the molecule is CC(C)CN1C(=O)N=C(N)C1c1ccc(Br)cn1. The van der Waals surface area contributed by atoms with Gasteiger partial charge >= 0.3 is 6.03 Å². The van der Waals surface area contributed by atoms with E-state index in [0.717, 1.165) is 10.2 Å². The third kappa shape index (κ3) is 2.53. The molecule has 1 aromatic rings. The van der Waals surface area contributed by atoms with Crippen LogP contribution in [0.15, 0.2) is 27.8 Å². The highest BCUT2D eigenvalue weighted by molar-refractivity contribution is 9.10. The summed E-state index contributed by atoms with van der Waals surface area (Å²) in [6.45, 7) is 4.72. The molecule has 0 spiro atoms. The Morgan fingerprint density at radius 1 is 1.50 bits per heavy atom. The maximum Gasteiger partial charge on any atom is 0.346 e. The Labute approximate surface area is 114 Å². The lowest BCUT2D eigenvalue weighted by Crippen LogP contribution is -2.36. The van der Waals surface area contributed by atoms with Gasteiger partial charge in [0, 0.05) is 17.2 Å². The van der Waals surface area contributed by atoms with Crippen LogP contribution in [0.2, 0.25) is 0 Å². The van der Waals surface area contributed by atoms with E-state index in [9.17, 15) is 4.79 Å². The molecule has 2 amide bonds. The van der Waals surface area contributed by atoms with Gasteiger partial charge in [-0.2, -0.15) is 4.99 Å². The highest BCUT2D eigenvalue weighted by Crippen LogP contribution is 2.27. The van der Waals surface area contributed by atoms with Gasteiger partial charge in [0.25, 0.3) is 0 Å². The maximum absolute atomic E-state index is 11.8. The Hall–Kier alpha value is -1.43. The fourth-order valence-electron chi connectivity index (χ4n) is 1.94. The molecule has 2 heterocycles. The van der Waals surface area contributed by atoms with Crippen molar-refractivity contribution in [2.45, 2.75) is 19.9 Å². The minimum absolute atomic E-state index is 0.282. The van der Waals surface area contributed by atoms with Gasteiger partial charge < -0.3 is 10.6 Å². The van der Waals surface area contributed by atoms with Gasteiger partial charge in [0.2, 0.25) is 0 Å². The zero-order chi connectivity index (χ0) is 13.3. The number of nitrogens with zero attached hydrogens (tertiary/aromatic N) is 3. The first kappa shape index (κ1) is 13.0. The molecule has 1 aromatic heterocycles. The van der Waals surface area contributed by atoms with Crippen LogP contribution in [-0.2, 0) is 0 Å². The van der Waals surface area contributed by atoms with Gasteiger partial charge in [0.1, 0.15) is 11.9 Å². The molecule has 18 heavy (non-hydrogen) atoms. The number of aromatic nitrogens is 1. The number of aliphatic imine (C=N–C) groups is 1. The summed E-state index contributed by atoms with van der Waals surface area (Å²) in [5.41, 5.74) is 6.58. The molecule has 1 atom stereocenters. The van der Waals surface area contributed by atoms with E-state index in [0.29, 0.717) is 18.3 Å². The van der Waals surface area contributed by atoms with Crippen molar-refractivity contribution in [3.63, 3.8) is 0 Å². The Balaban J connectivity index is 2.31. The minimum Gasteiger partial charge on any atom is -0.385 e. The summed E-state index contributed by atoms with van der Waals surface area (Å²) in [6, 6.07) is 3.11. The second-order valence-electron chi connectivity index (χ2n) is 4.67. The van der Waals surface area contributed by atoms with Crippen molar-refractivity contribution in [2.24, 2.45) is 16.6 Å². The van der Waals surface area contributed by atoms with Gasteiger partial charge in [0.05, 0.1) is 5.69 Å². The number of halogens is 1. The first-order valence-corrected chi connectivity index (χ1v) is 6.54. The van der Waals surface area contributed by atoms with Crippen molar-refractivity contribution in [3.8, 4) is 0 Å². The average molecular weight is 311 g/mol. The van der Waals surface area contributed by atoms with E-state index in [4.69, 9.17) is 5.73 Å². The molecule has 96 valence electrons. The van der Waals surface area contributed by atoms with Gasteiger partial charge in [-0.25, -0.2) is 4.79 Å². The van der Waals surface area contributed by atoms with Gasteiger partial charge in [-0.15, -0.1) is 0 Å². The smallest absolute Gasteiger partial charge is 0.346 e. The molecule has 0 fully saturated rings. The third-order valence-corrected chi connectivity index (χ3v) is 3.12. The van der Waals surface area contributed by atoms with E-state index >= 15 is 0 Å². The van der Waals surface area contributed by atoms with E-state index in [2.05, 4.69) is 25.9 Å². The highest BCUT2D eigenvalue weighted by Gasteiger charge is 2.35. The van der Waals surface area contributed by atoms with Crippen molar-refractivity contribution in [2.75, 3.05) is 6.54 Å². The van der Waals surface area contributed by atoms with Crippen molar-refractivity contribution < 1.29 is 4.79 Å². The van der Waals surface area contributed by atoms with Gasteiger partial charge in [-0.05, 0) is 34.0 Å². The number of amides is 2. The second-order valence-corrected chi connectivity index (χ2v) is 5.58. The molecule has 0 aromatic carbocycles. The fourth-order valence-corrected chi connectivity index (χ4v) is 2.18. The van der Waals surface area contributed by atoms with Crippen LogP contribution >= 0.6 is 15.9 Å². The van der Waals surface area contributed by atoms with Crippen molar-refractivity contribution in [1.82, 2.24) is 9.88 Å². The number of hydrogen-bond donors (Lipinski definition) is 1. The van der Waals surface area contributed by atoms with Gasteiger partial charge in [-0.1, -0.05) is 13.8 Å². The van der Waals surface area contributed by atoms with Crippen molar-refractivity contribution >= 4 is 27.8 Å². The van der Waals surface area contributed by atoms with E-state index in [1.807, 2.05) is 26.0 Å². The fraction of sp³-hybridized carbons (Fsp3) is 0.417. The van der Waals surface area contributed by atoms with Crippen LogP contribution in [0.5, 0.6) is 0 Å². The van der Waals surface area contributed by atoms with Crippen LogP contribution in [-0.4, -0.2) is 28.3 Å². The Kier molecular flexibility index (Phi) is 3.65. The van der Waals surface area contributed by atoms with E-state index < -0.39 is 0 Å². The lowest BCUT2D eigenvalue weighted by Gasteiger charge is -2.25. The maximum atomic E-state index is 11.8. The number of amidine groups is 1. The quantitative estimate of drug-likeness (QED) is 0.931. The number of hydrogen-bond acceptors (Lipinski definition) is 3. The molecule has 1 aliphatic rings. The molecule has 0 saturated carbocycles. The molecule has 5 nitrogen and oxygen atoms in total. The number of carbonyl (C=O) groups excluding carboxylic acids is 1. The Morgan fingerprint density at radius 2 is 2.22 bits per heavy atom. The lowest BCUT2D eigenvalue weighted by atomic mass is 10.1. The number of nitrogens with two attached hydrogens (primary N) is 1. The summed E-state index contributed by atoms with van der Waals surface area (Å²) in [7, 11) is 0. The van der Waals surface area contributed by atoms with Gasteiger partial charge in [-0.3, -0.25) is 4.98 Å². The predicted octanol–water partition coefficient (Wildman–Crippen LogP) is 2.33. The molecule has 2 N–H and O–H groups in total. The summed E-state index contributed by atoms with van der Waals surface area (Å²) in [5.74, 6) is 0.670. The minimum atomic E-state index is -0.340. The topological polar surface area (TPSA) is 71.6 Å². The molecule has 0 aliphatic carbocycles. The first-order chi connectivity index (χ1) is 8.49.